The second-order valence-electron chi connectivity index (χ2n) is 6.78. The van der Waals surface area contributed by atoms with Gasteiger partial charge in [0.2, 0.25) is 5.91 Å². The molecule has 1 unspecified atom stereocenters. The standard InChI is InChI=1S/C19H25FN4O3.ClH/c1-11(13-5-17(26-3)18(27-4)6-16(13)20)23-19(25)15-9-21-8-14(15)12-7-22-24(2)10-12;/h5-7,10-11,14-15,21H,8-9H2,1-4H3,(H,23,25);1H/t11?,14-,15+;/m1./s1. The normalized spacial score (nSPS) is 19.6. The Bertz CT molecular complexity index is 830. The molecule has 154 valence electrons. The number of aromatic nitrogens is 2. The molecule has 1 aromatic heterocycles. The van der Waals surface area contributed by atoms with Crippen LogP contribution in [0, 0.1) is 11.7 Å². The molecule has 0 radical (unpaired) electrons. The minimum absolute atomic E-state index is 0. The Morgan fingerprint density at radius 1 is 1.32 bits per heavy atom. The van der Waals surface area contributed by atoms with Crippen LogP contribution < -0.4 is 20.1 Å². The van der Waals surface area contributed by atoms with Crippen molar-refractivity contribution in [2.45, 2.75) is 18.9 Å². The van der Waals surface area contributed by atoms with Crippen LogP contribution in [0.4, 0.5) is 4.39 Å². The van der Waals surface area contributed by atoms with Gasteiger partial charge in [-0.25, -0.2) is 4.39 Å². The lowest BCUT2D eigenvalue weighted by atomic mass is 9.90. The van der Waals surface area contributed by atoms with Crippen molar-refractivity contribution >= 4 is 18.3 Å². The third-order valence-electron chi connectivity index (χ3n) is 5.03. The quantitative estimate of drug-likeness (QED) is 0.760. The summed E-state index contributed by atoms with van der Waals surface area (Å²) in [7, 11) is 4.79. The van der Waals surface area contributed by atoms with Crippen LogP contribution in [0.1, 0.15) is 30.0 Å². The summed E-state index contributed by atoms with van der Waals surface area (Å²) in [4.78, 5) is 12.9. The highest BCUT2D eigenvalue weighted by Crippen LogP contribution is 2.33. The summed E-state index contributed by atoms with van der Waals surface area (Å²) in [6, 6.07) is 2.32. The highest BCUT2D eigenvalue weighted by molar-refractivity contribution is 5.85. The zero-order valence-electron chi connectivity index (χ0n) is 16.4. The van der Waals surface area contributed by atoms with E-state index in [1.54, 1.807) is 23.9 Å². The van der Waals surface area contributed by atoms with Crippen molar-refractivity contribution in [3.05, 3.63) is 41.5 Å². The van der Waals surface area contributed by atoms with Crippen molar-refractivity contribution in [1.82, 2.24) is 20.4 Å². The van der Waals surface area contributed by atoms with Gasteiger partial charge in [-0.05, 0) is 18.6 Å². The van der Waals surface area contributed by atoms with Gasteiger partial charge >= 0.3 is 0 Å². The lowest BCUT2D eigenvalue weighted by Crippen LogP contribution is -2.36. The lowest BCUT2D eigenvalue weighted by molar-refractivity contribution is -0.125. The molecule has 1 amide bonds. The largest absolute Gasteiger partial charge is 0.493 e. The summed E-state index contributed by atoms with van der Waals surface area (Å²) in [5.41, 5.74) is 1.37. The monoisotopic (exact) mass is 412 g/mol. The van der Waals surface area contributed by atoms with Crippen LogP contribution in [0.2, 0.25) is 0 Å². The molecular formula is C19H26ClFN4O3. The van der Waals surface area contributed by atoms with Crippen molar-refractivity contribution < 1.29 is 18.7 Å². The Morgan fingerprint density at radius 3 is 2.61 bits per heavy atom. The molecule has 1 aliphatic rings. The van der Waals surface area contributed by atoms with E-state index in [1.807, 2.05) is 13.2 Å². The highest BCUT2D eigenvalue weighted by atomic mass is 35.5. The number of amides is 1. The zero-order valence-corrected chi connectivity index (χ0v) is 17.2. The predicted octanol–water partition coefficient (Wildman–Crippen LogP) is 2.18. The number of halogens is 2. The minimum Gasteiger partial charge on any atom is -0.493 e. The number of nitrogens with one attached hydrogen (secondary N) is 2. The average Bonchev–Trinajstić information content (AvgIpc) is 3.29. The number of aryl methyl sites for hydroxylation is 1. The molecule has 1 aliphatic heterocycles. The van der Waals surface area contributed by atoms with Crippen LogP contribution in [-0.4, -0.2) is 43.0 Å². The van der Waals surface area contributed by atoms with Crippen molar-refractivity contribution in [3.8, 4) is 11.5 Å². The van der Waals surface area contributed by atoms with Gasteiger partial charge in [-0.1, -0.05) is 0 Å². The summed E-state index contributed by atoms with van der Waals surface area (Å²) in [5.74, 6) is -0.0231. The topological polar surface area (TPSA) is 77.4 Å². The van der Waals surface area contributed by atoms with Crippen LogP contribution in [0.5, 0.6) is 11.5 Å². The second kappa shape index (κ2) is 9.25. The smallest absolute Gasteiger partial charge is 0.225 e. The van der Waals surface area contributed by atoms with Gasteiger partial charge in [0.25, 0.3) is 0 Å². The molecule has 2 N–H and O–H groups in total. The maximum atomic E-state index is 14.5. The molecule has 9 heteroatoms. The van der Waals surface area contributed by atoms with E-state index >= 15 is 0 Å². The summed E-state index contributed by atoms with van der Waals surface area (Å²) in [5, 5.41) is 10.4. The second-order valence-corrected chi connectivity index (χ2v) is 6.78. The average molecular weight is 413 g/mol. The maximum Gasteiger partial charge on any atom is 0.225 e. The Morgan fingerprint density at radius 2 is 2.00 bits per heavy atom. The van der Waals surface area contributed by atoms with Gasteiger partial charge in [-0.15, -0.1) is 12.4 Å². The first-order valence-corrected chi connectivity index (χ1v) is 8.85. The van der Waals surface area contributed by atoms with Crippen molar-refractivity contribution in [2.24, 2.45) is 13.0 Å². The predicted molar refractivity (Wildman–Crippen MR) is 106 cm³/mol. The van der Waals surface area contributed by atoms with Crippen LogP contribution in [0.15, 0.2) is 24.5 Å². The van der Waals surface area contributed by atoms with Crippen molar-refractivity contribution in [3.63, 3.8) is 0 Å². The van der Waals surface area contributed by atoms with Gasteiger partial charge in [0.15, 0.2) is 11.5 Å². The summed E-state index contributed by atoms with van der Waals surface area (Å²) < 4.78 is 26.5. The van der Waals surface area contributed by atoms with Gasteiger partial charge in [0, 0.05) is 43.9 Å². The molecule has 0 bridgehead atoms. The molecular weight excluding hydrogens is 387 g/mol. The van der Waals surface area contributed by atoms with Crippen LogP contribution in [-0.2, 0) is 11.8 Å². The van der Waals surface area contributed by atoms with E-state index in [0.717, 1.165) is 5.56 Å². The number of hydrogen-bond donors (Lipinski definition) is 2. The Balaban J connectivity index is 0.00000280. The first-order chi connectivity index (χ1) is 12.9. The molecule has 0 spiro atoms. The van der Waals surface area contributed by atoms with E-state index in [0.29, 0.717) is 30.2 Å². The SMILES string of the molecule is COc1cc(F)c(C(C)NC(=O)[C@H]2CNC[C@@H]2c2cnn(C)c2)cc1OC.Cl. The van der Waals surface area contributed by atoms with E-state index < -0.39 is 11.9 Å². The van der Waals surface area contributed by atoms with Gasteiger partial charge < -0.3 is 20.1 Å². The summed E-state index contributed by atoms with van der Waals surface area (Å²) >= 11 is 0. The van der Waals surface area contributed by atoms with Crippen molar-refractivity contribution in [1.29, 1.82) is 0 Å². The maximum absolute atomic E-state index is 14.5. The van der Waals surface area contributed by atoms with Crippen LogP contribution in [0.25, 0.3) is 0 Å². The van der Waals surface area contributed by atoms with Crippen LogP contribution in [0.3, 0.4) is 0 Å². The number of nitrogens with zero attached hydrogens (tertiary/aromatic N) is 2. The van der Waals surface area contributed by atoms with E-state index in [4.69, 9.17) is 9.47 Å². The first-order valence-electron chi connectivity index (χ1n) is 8.85. The Kier molecular flexibility index (Phi) is 7.26. The number of hydrogen-bond acceptors (Lipinski definition) is 5. The lowest BCUT2D eigenvalue weighted by Gasteiger charge is -2.22. The fourth-order valence-electron chi connectivity index (χ4n) is 3.54. The van der Waals surface area contributed by atoms with Gasteiger partial charge in [-0.2, -0.15) is 5.10 Å². The first kappa shape index (κ1) is 22.0. The molecule has 7 nitrogen and oxygen atoms in total. The van der Waals surface area contributed by atoms with E-state index in [-0.39, 0.29) is 30.2 Å². The number of benzene rings is 1. The van der Waals surface area contributed by atoms with Crippen LogP contribution >= 0.6 is 12.4 Å². The zero-order chi connectivity index (χ0) is 19.6. The molecule has 1 fully saturated rings. The molecule has 0 saturated carbocycles. The van der Waals surface area contributed by atoms with Gasteiger partial charge in [0.05, 0.1) is 32.4 Å². The molecule has 2 aromatic rings. The molecule has 28 heavy (non-hydrogen) atoms. The molecule has 0 aliphatic carbocycles. The number of carbonyl (C=O) groups is 1. The molecule has 3 rings (SSSR count). The van der Waals surface area contributed by atoms with Gasteiger partial charge in [-0.3, -0.25) is 9.48 Å². The Hall–Kier alpha value is -2.32. The fraction of sp³-hybridized carbons (Fsp3) is 0.474. The molecule has 1 aromatic carbocycles. The highest BCUT2D eigenvalue weighted by Gasteiger charge is 2.35. The number of ether oxygens (including phenoxy) is 2. The van der Waals surface area contributed by atoms with E-state index in [9.17, 15) is 9.18 Å². The molecule has 1 saturated heterocycles. The van der Waals surface area contributed by atoms with E-state index in [1.165, 1.54) is 20.3 Å². The Labute approximate surface area is 170 Å². The summed E-state index contributed by atoms with van der Waals surface area (Å²) in [6.45, 7) is 3.04. The van der Waals surface area contributed by atoms with Crippen molar-refractivity contribution in [2.75, 3.05) is 27.3 Å². The fourth-order valence-corrected chi connectivity index (χ4v) is 3.54. The number of rotatable bonds is 6. The number of carbonyl (C=O) groups excluding carboxylic acids is 1. The molecule has 3 atom stereocenters. The molecule has 2 heterocycles. The number of methoxy groups -OCH3 is 2. The summed E-state index contributed by atoms with van der Waals surface area (Å²) in [6.07, 6.45) is 3.71. The van der Waals surface area contributed by atoms with Gasteiger partial charge in [0.1, 0.15) is 5.82 Å². The minimum atomic E-state index is -0.507. The third kappa shape index (κ3) is 4.39. The third-order valence-corrected chi connectivity index (χ3v) is 5.03. The van der Waals surface area contributed by atoms with E-state index in [2.05, 4.69) is 15.7 Å².